The first-order valence-electron chi connectivity index (χ1n) is 3.14. The van der Waals surface area contributed by atoms with E-state index in [0.29, 0.717) is 0 Å². The van der Waals surface area contributed by atoms with E-state index in [1.54, 1.807) is 0 Å². The molecule has 0 amide bonds. The topological polar surface area (TPSA) is 49.7 Å². The number of rotatable bonds is 0. The van der Waals surface area contributed by atoms with Gasteiger partial charge in [-0.15, -0.1) is 0 Å². The van der Waals surface area contributed by atoms with Gasteiger partial charge in [0, 0.05) is 5.92 Å². The Morgan fingerprint density at radius 3 is 1.89 bits per heavy atom. The maximum atomic E-state index is 9.06. The van der Waals surface area contributed by atoms with E-state index < -0.39 is 12.4 Å². The highest BCUT2D eigenvalue weighted by molar-refractivity contribution is 4.79. The van der Waals surface area contributed by atoms with Crippen molar-refractivity contribution in [1.29, 1.82) is 0 Å². The monoisotopic (exact) mass is 132 g/mol. The summed E-state index contributed by atoms with van der Waals surface area (Å²) in [6, 6.07) is 0. The molecular formula is C6H12O3. The molecule has 0 saturated carbocycles. The molecule has 54 valence electrons. The van der Waals surface area contributed by atoms with E-state index >= 15 is 0 Å². The lowest BCUT2D eigenvalue weighted by Crippen LogP contribution is -2.24. The molecule has 1 aliphatic heterocycles. The molecule has 0 bridgehead atoms. The van der Waals surface area contributed by atoms with Crippen LogP contribution < -0.4 is 0 Å². The molecule has 0 aliphatic carbocycles. The molecule has 0 aromatic rings. The first-order chi connectivity index (χ1) is 4.13. The second kappa shape index (κ2) is 2.25. The van der Waals surface area contributed by atoms with Gasteiger partial charge in [-0.05, 0) is 6.92 Å². The Balaban J connectivity index is 2.54. The highest BCUT2D eigenvalue weighted by Crippen LogP contribution is 2.24. The number of aliphatic hydroxyl groups is 2. The average molecular weight is 132 g/mol. The number of hydrogen-bond donors (Lipinski definition) is 2. The van der Waals surface area contributed by atoms with Crippen LogP contribution in [-0.2, 0) is 4.74 Å². The maximum absolute atomic E-state index is 9.06. The van der Waals surface area contributed by atoms with E-state index in [1.807, 2.05) is 13.8 Å². The lowest BCUT2D eigenvalue weighted by molar-refractivity contribution is -0.123. The SMILES string of the molecule is C[C@@H]1[C@@H](C)OC(O)[C@@H]1O. The van der Waals surface area contributed by atoms with Crippen molar-refractivity contribution in [2.75, 3.05) is 0 Å². The highest BCUT2D eigenvalue weighted by atomic mass is 16.6. The zero-order valence-electron chi connectivity index (χ0n) is 5.61. The number of ether oxygens (including phenoxy) is 1. The first-order valence-corrected chi connectivity index (χ1v) is 3.14. The molecule has 9 heavy (non-hydrogen) atoms. The molecule has 1 unspecified atom stereocenters. The Morgan fingerprint density at radius 1 is 1.22 bits per heavy atom. The van der Waals surface area contributed by atoms with Crippen molar-refractivity contribution in [2.24, 2.45) is 5.92 Å². The van der Waals surface area contributed by atoms with E-state index in [4.69, 9.17) is 14.9 Å². The van der Waals surface area contributed by atoms with Gasteiger partial charge < -0.3 is 14.9 Å². The molecule has 1 aliphatic rings. The van der Waals surface area contributed by atoms with E-state index in [9.17, 15) is 0 Å². The minimum Gasteiger partial charge on any atom is -0.387 e. The third-order valence-corrected chi connectivity index (χ3v) is 1.93. The van der Waals surface area contributed by atoms with Gasteiger partial charge in [-0.3, -0.25) is 0 Å². The Kier molecular flexibility index (Phi) is 1.75. The van der Waals surface area contributed by atoms with Crippen molar-refractivity contribution in [1.82, 2.24) is 0 Å². The first kappa shape index (κ1) is 6.99. The van der Waals surface area contributed by atoms with Crippen LogP contribution in [0, 0.1) is 5.92 Å². The van der Waals surface area contributed by atoms with Crippen molar-refractivity contribution < 1.29 is 14.9 Å². The number of aliphatic hydroxyl groups excluding tert-OH is 2. The molecule has 1 heterocycles. The third kappa shape index (κ3) is 1.08. The summed E-state index contributed by atoms with van der Waals surface area (Å²) < 4.78 is 4.89. The lowest BCUT2D eigenvalue weighted by Gasteiger charge is -2.08. The maximum Gasteiger partial charge on any atom is 0.181 e. The normalized spacial score (nSPS) is 52.0. The molecule has 0 aromatic heterocycles. The van der Waals surface area contributed by atoms with Gasteiger partial charge in [0.2, 0.25) is 0 Å². The van der Waals surface area contributed by atoms with Crippen LogP contribution in [0.2, 0.25) is 0 Å². The molecule has 0 radical (unpaired) electrons. The van der Waals surface area contributed by atoms with Crippen molar-refractivity contribution in [3.05, 3.63) is 0 Å². The quantitative estimate of drug-likeness (QED) is 0.476. The second-order valence-corrected chi connectivity index (χ2v) is 2.58. The fourth-order valence-electron chi connectivity index (χ4n) is 0.962. The van der Waals surface area contributed by atoms with Gasteiger partial charge in [0.05, 0.1) is 6.10 Å². The Morgan fingerprint density at radius 2 is 1.78 bits per heavy atom. The van der Waals surface area contributed by atoms with Gasteiger partial charge in [0.1, 0.15) is 6.10 Å². The van der Waals surface area contributed by atoms with Gasteiger partial charge in [-0.2, -0.15) is 0 Å². The molecule has 3 heteroatoms. The van der Waals surface area contributed by atoms with Crippen LogP contribution >= 0.6 is 0 Å². The summed E-state index contributed by atoms with van der Waals surface area (Å²) in [5.41, 5.74) is 0. The fourth-order valence-corrected chi connectivity index (χ4v) is 0.962. The zero-order valence-corrected chi connectivity index (χ0v) is 5.61. The van der Waals surface area contributed by atoms with Gasteiger partial charge in [-0.1, -0.05) is 6.92 Å². The predicted octanol–water partition coefficient (Wildman–Crippen LogP) is -0.280. The van der Waals surface area contributed by atoms with Crippen molar-refractivity contribution >= 4 is 0 Å². The summed E-state index contributed by atoms with van der Waals surface area (Å²) in [4.78, 5) is 0. The van der Waals surface area contributed by atoms with Crippen LogP contribution in [0.4, 0.5) is 0 Å². The smallest absolute Gasteiger partial charge is 0.181 e. The van der Waals surface area contributed by atoms with Crippen LogP contribution in [0.15, 0.2) is 0 Å². The van der Waals surface area contributed by atoms with Crippen molar-refractivity contribution in [3.8, 4) is 0 Å². The standard InChI is InChI=1S/C6H12O3/c1-3-4(2)9-6(8)5(3)7/h3-8H,1-2H3/t3-,4-,5-,6?/m1/s1. The summed E-state index contributed by atoms with van der Waals surface area (Å²) >= 11 is 0. The van der Waals surface area contributed by atoms with E-state index in [2.05, 4.69) is 0 Å². The second-order valence-electron chi connectivity index (χ2n) is 2.58. The highest BCUT2D eigenvalue weighted by Gasteiger charge is 2.36. The molecule has 0 spiro atoms. The van der Waals surface area contributed by atoms with E-state index in [0.717, 1.165) is 0 Å². The van der Waals surface area contributed by atoms with Crippen molar-refractivity contribution in [3.63, 3.8) is 0 Å². The largest absolute Gasteiger partial charge is 0.387 e. The zero-order chi connectivity index (χ0) is 7.02. The minimum absolute atomic E-state index is 0.0324. The summed E-state index contributed by atoms with van der Waals surface area (Å²) in [6.07, 6.45) is -1.72. The molecule has 4 atom stereocenters. The molecule has 1 rings (SSSR count). The summed E-state index contributed by atoms with van der Waals surface area (Å²) in [7, 11) is 0. The summed E-state index contributed by atoms with van der Waals surface area (Å²) in [5, 5.41) is 17.9. The van der Waals surface area contributed by atoms with Crippen LogP contribution in [-0.4, -0.2) is 28.7 Å². The third-order valence-electron chi connectivity index (χ3n) is 1.93. The Bertz CT molecular complexity index is 92.5. The minimum atomic E-state index is -0.977. The summed E-state index contributed by atoms with van der Waals surface area (Å²) in [6.45, 7) is 3.69. The fraction of sp³-hybridized carbons (Fsp3) is 1.00. The molecule has 2 N–H and O–H groups in total. The molecule has 0 aromatic carbocycles. The van der Waals surface area contributed by atoms with E-state index in [-0.39, 0.29) is 12.0 Å². The molecule has 1 fully saturated rings. The Hall–Kier alpha value is -0.120. The van der Waals surface area contributed by atoms with Gasteiger partial charge >= 0.3 is 0 Å². The van der Waals surface area contributed by atoms with Gasteiger partial charge in [0.15, 0.2) is 6.29 Å². The molecular weight excluding hydrogens is 120 g/mol. The van der Waals surface area contributed by atoms with E-state index in [1.165, 1.54) is 0 Å². The van der Waals surface area contributed by atoms with Crippen LogP contribution in [0.3, 0.4) is 0 Å². The van der Waals surface area contributed by atoms with Crippen LogP contribution in [0.25, 0.3) is 0 Å². The predicted molar refractivity (Wildman–Crippen MR) is 31.7 cm³/mol. The van der Waals surface area contributed by atoms with Crippen LogP contribution in [0.5, 0.6) is 0 Å². The molecule has 1 saturated heterocycles. The summed E-state index contributed by atoms with van der Waals surface area (Å²) in [5.74, 6) is 0.0417. The lowest BCUT2D eigenvalue weighted by atomic mass is 10.0. The van der Waals surface area contributed by atoms with Crippen LogP contribution in [0.1, 0.15) is 13.8 Å². The Labute approximate surface area is 54.3 Å². The van der Waals surface area contributed by atoms with Crippen molar-refractivity contribution in [2.45, 2.75) is 32.3 Å². The van der Waals surface area contributed by atoms with Gasteiger partial charge in [-0.25, -0.2) is 0 Å². The number of hydrogen-bond acceptors (Lipinski definition) is 3. The molecule has 3 nitrogen and oxygen atoms in total. The van der Waals surface area contributed by atoms with Gasteiger partial charge in [0.25, 0.3) is 0 Å². The average Bonchev–Trinajstić information content (AvgIpc) is 1.98.